The molecule has 1 aliphatic rings. The number of halogens is 1. The fourth-order valence-electron chi connectivity index (χ4n) is 6.14. The maximum atomic E-state index is 14.9. The number of aromatic amines is 1. The van der Waals surface area contributed by atoms with E-state index in [9.17, 15) is 9.65 Å². The van der Waals surface area contributed by atoms with Crippen LogP contribution in [0.1, 0.15) is 33.9 Å². The van der Waals surface area contributed by atoms with Crippen molar-refractivity contribution in [2.45, 2.75) is 6.04 Å². The highest BCUT2D eigenvalue weighted by atomic mass is 32.1. The minimum absolute atomic E-state index is 0.304. The number of hydrogen-bond acceptors (Lipinski definition) is 6. The van der Waals surface area contributed by atoms with Crippen LogP contribution in [0, 0.1) is 17.1 Å². The minimum atomic E-state index is -0.384. The van der Waals surface area contributed by atoms with Gasteiger partial charge in [0.1, 0.15) is 5.82 Å². The zero-order valence-corrected chi connectivity index (χ0v) is 25.6. The smallest absolute Gasteiger partial charge is 0.203 e. The Morgan fingerprint density at radius 2 is 1.60 bits per heavy atom. The average molecular weight is 614 g/mol. The van der Waals surface area contributed by atoms with Crippen LogP contribution in [0.3, 0.4) is 0 Å². The number of fused-ring (bicyclic) bond motifs is 2. The molecule has 0 saturated heterocycles. The lowest BCUT2D eigenvalue weighted by atomic mass is 9.87. The van der Waals surface area contributed by atoms with Crippen molar-refractivity contribution in [2.24, 2.45) is 0 Å². The van der Waals surface area contributed by atoms with E-state index in [0.29, 0.717) is 22.8 Å². The second kappa shape index (κ2) is 11.5. The molecular formula is C37H28FN3O3S. The number of nitrogens with one attached hydrogen (secondary N) is 1. The number of nitriles is 1. The van der Waals surface area contributed by atoms with Gasteiger partial charge in [-0.1, -0.05) is 18.2 Å². The van der Waals surface area contributed by atoms with Gasteiger partial charge < -0.3 is 24.1 Å². The Morgan fingerprint density at radius 3 is 2.27 bits per heavy atom. The summed E-state index contributed by atoms with van der Waals surface area (Å²) in [6.45, 7) is 0. The number of nitrogens with zero attached hydrogens (tertiary/aromatic N) is 2. The number of rotatable bonds is 7. The summed E-state index contributed by atoms with van der Waals surface area (Å²) in [7, 11) is 4.79. The number of thiophene rings is 1. The van der Waals surface area contributed by atoms with Gasteiger partial charge in [0, 0.05) is 39.3 Å². The molecule has 0 aliphatic carbocycles. The molecule has 1 atom stereocenters. The number of aromatic nitrogens is 1. The normalized spacial score (nSPS) is 14.1. The maximum Gasteiger partial charge on any atom is 0.203 e. The van der Waals surface area contributed by atoms with Gasteiger partial charge in [0.25, 0.3) is 0 Å². The number of benzene rings is 4. The monoisotopic (exact) mass is 613 g/mol. The van der Waals surface area contributed by atoms with Gasteiger partial charge in [0.15, 0.2) is 11.5 Å². The molecule has 0 spiro atoms. The van der Waals surface area contributed by atoms with E-state index in [4.69, 9.17) is 14.2 Å². The number of methoxy groups -OCH3 is 3. The van der Waals surface area contributed by atoms with Crippen molar-refractivity contribution in [3.63, 3.8) is 0 Å². The van der Waals surface area contributed by atoms with Crippen LogP contribution < -0.4 is 19.1 Å². The molecule has 1 unspecified atom stereocenters. The van der Waals surface area contributed by atoms with Crippen LogP contribution in [0.25, 0.3) is 33.8 Å². The summed E-state index contributed by atoms with van der Waals surface area (Å²) in [5, 5.41) is 14.8. The maximum absolute atomic E-state index is 14.9. The van der Waals surface area contributed by atoms with Crippen molar-refractivity contribution in [1.82, 2.24) is 4.98 Å². The lowest BCUT2D eigenvalue weighted by molar-refractivity contribution is 0.324. The Kier molecular flexibility index (Phi) is 7.24. The predicted molar refractivity (Wildman–Crippen MR) is 177 cm³/mol. The van der Waals surface area contributed by atoms with E-state index in [2.05, 4.69) is 63.1 Å². The van der Waals surface area contributed by atoms with Gasteiger partial charge in [-0.2, -0.15) is 16.6 Å². The molecule has 1 aliphatic heterocycles. The first-order valence-electron chi connectivity index (χ1n) is 14.3. The molecule has 7 rings (SSSR count). The molecule has 6 nitrogen and oxygen atoms in total. The van der Waals surface area contributed by atoms with E-state index in [0.717, 1.165) is 55.7 Å². The van der Waals surface area contributed by atoms with Crippen LogP contribution in [0.15, 0.2) is 95.8 Å². The van der Waals surface area contributed by atoms with E-state index >= 15 is 0 Å². The van der Waals surface area contributed by atoms with Gasteiger partial charge in [-0.05, 0) is 94.4 Å². The molecule has 6 aromatic rings. The first-order valence-corrected chi connectivity index (χ1v) is 15.2. The lowest BCUT2D eigenvalue weighted by Crippen LogP contribution is -2.31. The SMILES string of the molecule is COc1cc(-c2ccc(N3C(c4ccsc4)=Cc4ccc(F)cc4C3c3c[nH]c4ccc(C#N)cc34)cc2)cc(OC)c1OC. The number of hydrogen-bond donors (Lipinski definition) is 1. The van der Waals surface area contributed by atoms with Crippen LogP contribution in [-0.4, -0.2) is 26.3 Å². The minimum Gasteiger partial charge on any atom is -0.493 e. The zero-order chi connectivity index (χ0) is 31.1. The second-order valence-corrected chi connectivity index (χ2v) is 11.4. The Balaban J connectivity index is 1.42. The highest BCUT2D eigenvalue weighted by Crippen LogP contribution is 2.48. The first kappa shape index (κ1) is 28.3. The molecule has 0 saturated carbocycles. The summed E-state index contributed by atoms with van der Waals surface area (Å²) >= 11 is 1.63. The van der Waals surface area contributed by atoms with Crippen molar-refractivity contribution in [3.05, 3.63) is 129 Å². The van der Waals surface area contributed by atoms with Crippen LogP contribution in [0.5, 0.6) is 17.2 Å². The summed E-state index contributed by atoms with van der Waals surface area (Å²) in [6, 6.07) is 26.7. The van der Waals surface area contributed by atoms with E-state index in [1.165, 1.54) is 6.07 Å². The van der Waals surface area contributed by atoms with E-state index < -0.39 is 0 Å². The van der Waals surface area contributed by atoms with Crippen molar-refractivity contribution >= 4 is 39.7 Å². The molecule has 0 amide bonds. The molecule has 45 heavy (non-hydrogen) atoms. The van der Waals surface area contributed by atoms with Crippen molar-refractivity contribution in [1.29, 1.82) is 5.26 Å². The molecule has 0 bridgehead atoms. The van der Waals surface area contributed by atoms with Crippen molar-refractivity contribution in [3.8, 4) is 34.4 Å². The second-order valence-electron chi connectivity index (χ2n) is 10.7. The quantitative estimate of drug-likeness (QED) is 0.195. The lowest BCUT2D eigenvalue weighted by Gasteiger charge is -2.40. The molecule has 222 valence electrons. The number of H-pyrrole nitrogens is 1. The average Bonchev–Trinajstić information content (AvgIpc) is 3.77. The highest BCUT2D eigenvalue weighted by molar-refractivity contribution is 7.08. The molecule has 2 aromatic heterocycles. The Hall–Kier alpha value is -5.52. The molecule has 0 radical (unpaired) electrons. The van der Waals surface area contributed by atoms with Crippen molar-refractivity contribution in [2.75, 3.05) is 26.2 Å². The molecule has 1 N–H and O–H groups in total. The molecule has 8 heteroatoms. The summed E-state index contributed by atoms with van der Waals surface area (Å²) in [5.41, 5.74) is 9.05. The largest absolute Gasteiger partial charge is 0.493 e. The van der Waals surface area contributed by atoms with Crippen LogP contribution in [0.2, 0.25) is 0 Å². The fraction of sp³-hybridized carbons (Fsp3) is 0.108. The highest BCUT2D eigenvalue weighted by Gasteiger charge is 2.34. The zero-order valence-electron chi connectivity index (χ0n) is 24.8. The Bertz CT molecular complexity index is 2080. The Labute approximate surface area is 264 Å². The third-order valence-electron chi connectivity index (χ3n) is 8.25. The molecular weight excluding hydrogens is 585 g/mol. The number of anilines is 1. The van der Waals surface area contributed by atoms with Crippen LogP contribution >= 0.6 is 11.3 Å². The summed E-state index contributed by atoms with van der Waals surface area (Å²) < 4.78 is 31.6. The van der Waals surface area contributed by atoms with Gasteiger partial charge in [-0.25, -0.2) is 4.39 Å². The third-order valence-corrected chi connectivity index (χ3v) is 8.93. The van der Waals surface area contributed by atoms with Crippen LogP contribution in [-0.2, 0) is 0 Å². The standard InChI is InChI=1S/C37H28FN3O3S/c1-42-34-16-26(17-35(43-2)37(34)44-3)23-6-9-28(10-7-23)41-33(25-12-13-45-21-25)15-24-5-8-27(38)18-29(24)36(41)31-20-40-32-11-4-22(19-39)14-30(31)32/h4-18,20-21,36,40H,1-3H3. The first-order chi connectivity index (χ1) is 22.0. The number of ether oxygens (including phenoxy) is 3. The third kappa shape index (κ3) is 4.88. The van der Waals surface area contributed by atoms with Gasteiger partial charge in [-0.15, -0.1) is 0 Å². The Morgan fingerprint density at radius 1 is 0.822 bits per heavy atom. The van der Waals surface area contributed by atoms with Crippen molar-refractivity contribution < 1.29 is 18.6 Å². The summed E-state index contributed by atoms with van der Waals surface area (Å²) in [5.74, 6) is 1.38. The van der Waals surface area contributed by atoms with Gasteiger partial charge in [0.2, 0.25) is 5.75 Å². The summed E-state index contributed by atoms with van der Waals surface area (Å²) in [6.07, 6.45) is 4.09. The topological polar surface area (TPSA) is 70.5 Å². The van der Waals surface area contributed by atoms with Gasteiger partial charge in [0.05, 0.1) is 44.7 Å². The predicted octanol–water partition coefficient (Wildman–Crippen LogP) is 9.04. The summed E-state index contributed by atoms with van der Waals surface area (Å²) in [4.78, 5) is 5.64. The fourth-order valence-corrected chi connectivity index (χ4v) is 6.79. The van der Waals surface area contributed by atoms with Crippen LogP contribution in [0.4, 0.5) is 10.1 Å². The molecule has 3 heterocycles. The molecule has 4 aromatic carbocycles. The van der Waals surface area contributed by atoms with E-state index in [1.807, 2.05) is 36.5 Å². The van der Waals surface area contributed by atoms with Gasteiger partial charge in [-0.3, -0.25) is 0 Å². The molecule has 0 fully saturated rings. The van der Waals surface area contributed by atoms with E-state index in [1.54, 1.807) is 44.8 Å². The van der Waals surface area contributed by atoms with E-state index in [-0.39, 0.29) is 11.9 Å². The van der Waals surface area contributed by atoms with Gasteiger partial charge >= 0.3 is 0 Å².